The van der Waals surface area contributed by atoms with Gasteiger partial charge in [0.05, 0.1) is 31.0 Å². The number of likely N-dealkylation sites (tertiary alicyclic amines) is 1. The Labute approximate surface area is 193 Å². The molecule has 0 saturated carbocycles. The third-order valence-corrected chi connectivity index (χ3v) is 6.34. The van der Waals surface area contributed by atoms with E-state index in [1.54, 1.807) is 10.6 Å². The van der Waals surface area contributed by atoms with E-state index in [2.05, 4.69) is 20.0 Å². The van der Waals surface area contributed by atoms with Crippen molar-refractivity contribution in [2.45, 2.75) is 18.8 Å². The first-order chi connectivity index (χ1) is 16.5. The molecule has 34 heavy (non-hydrogen) atoms. The van der Waals surface area contributed by atoms with Gasteiger partial charge in [-0.2, -0.15) is 4.98 Å². The number of halogens is 2. The normalized spacial score (nSPS) is 18.6. The van der Waals surface area contributed by atoms with Crippen molar-refractivity contribution in [3.05, 3.63) is 48.4 Å². The highest BCUT2D eigenvalue weighted by Gasteiger charge is 2.37. The van der Waals surface area contributed by atoms with Crippen LogP contribution < -0.4 is 4.90 Å². The monoisotopic (exact) mass is 467 g/mol. The number of carbonyl (C=O) groups excluding carboxylic acids is 1. The van der Waals surface area contributed by atoms with Crippen LogP contribution in [0.3, 0.4) is 0 Å². The van der Waals surface area contributed by atoms with Crippen LogP contribution in [0.4, 0.5) is 14.7 Å². The van der Waals surface area contributed by atoms with Crippen molar-refractivity contribution in [3.8, 4) is 5.69 Å². The van der Waals surface area contributed by atoms with E-state index in [9.17, 15) is 13.6 Å². The van der Waals surface area contributed by atoms with Crippen LogP contribution in [0.25, 0.3) is 22.4 Å². The summed E-state index contributed by atoms with van der Waals surface area (Å²) in [6.45, 7) is 2.62. The molecule has 176 valence electrons. The first-order valence-corrected chi connectivity index (χ1v) is 11.3. The van der Waals surface area contributed by atoms with Gasteiger partial charge in [-0.1, -0.05) is 0 Å². The fourth-order valence-electron chi connectivity index (χ4n) is 4.58. The zero-order chi connectivity index (χ0) is 23.3. The predicted molar refractivity (Wildman–Crippen MR) is 121 cm³/mol. The van der Waals surface area contributed by atoms with Crippen molar-refractivity contribution in [1.82, 2.24) is 29.0 Å². The quantitative estimate of drug-likeness (QED) is 0.461. The van der Waals surface area contributed by atoms with Gasteiger partial charge in [-0.15, -0.1) is 5.10 Å². The maximum absolute atomic E-state index is 13.8. The number of nitrogens with zero attached hydrogens (tertiary/aromatic N) is 7. The van der Waals surface area contributed by atoms with Crippen molar-refractivity contribution in [3.63, 3.8) is 0 Å². The molecule has 0 atom stereocenters. The zero-order valence-electron chi connectivity index (χ0n) is 18.4. The molecule has 0 bridgehead atoms. The van der Waals surface area contributed by atoms with E-state index in [0.29, 0.717) is 49.0 Å². The van der Waals surface area contributed by atoms with Crippen molar-refractivity contribution in [2.24, 2.45) is 0 Å². The topological polar surface area (TPSA) is 80.8 Å². The van der Waals surface area contributed by atoms with Gasteiger partial charge < -0.3 is 19.1 Å². The molecule has 0 radical (unpaired) electrons. The Hall–Kier alpha value is -3.60. The van der Waals surface area contributed by atoms with E-state index in [4.69, 9.17) is 4.74 Å². The first kappa shape index (κ1) is 21.0. The summed E-state index contributed by atoms with van der Waals surface area (Å²) in [5.74, 6) is -2.58. The maximum Gasteiger partial charge on any atom is 0.265 e. The lowest BCUT2D eigenvalue weighted by atomic mass is 10.1. The standard InChI is InChI=1S/C23H23F2N7O2/c24-23(25)4-1-5-30(15-23)21(33)17-12-16-2-6-31(20(16)26-14-17)18-3-7-32-19(13-18)27-22(28-32)29-8-10-34-11-9-29/h2-3,6-7,12-14H,1,4-5,8-11,15H2. The second kappa shape index (κ2) is 8.01. The van der Waals surface area contributed by atoms with Crippen LogP contribution >= 0.6 is 0 Å². The van der Waals surface area contributed by atoms with Gasteiger partial charge in [0.25, 0.3) is 11.8 Å². The number of hydrogen-bond donors (Lipinski definition) is 0. The van der Waals surface area contributed by atoms with Gasteiger partial charge in [0.2, 0.25) is 5.95 Å². The average Bonchev–Trinajstić information content (AvgIpc) is 3.47. The van der Waals surface area contributed by atoms with Gasteiger partial charge in [-0.3, -0.25) is 4.79 Å². The van der Waals surface area contributed by atoms with Crippen LogP contribution in [-0.4, -0.2) is 80.3 Å². The largest absolute Gasteiger partial charge is 0.378 e. The fraction of sp³-hybridized carbons (Fsp3) is 0.391. The average molecular weight is 467 g/mol. The van der Waals surface area contributed by atoms with Gasteiger partial charge >= 0.3 is 0 Å². The third kappa shape index (κ3) is 3.75. The number of pyridine rings is 2. The van der Waals surface area contributed by atoms with Crippen molar-refractivity contribution >= 4 is 28.5 Å². The van der Waals surface area contributed by atoms with Gasteiger partial charge in [0.15, 0.2) is 5.65 Å². The maximum atomic E-state index is 13.8. The number of carbonyl (C=O) groups is 1. The minimum atomic E-state index is -2.84. The molecule has 9 nitrogen and oxygen atoms in total. The number of aromatic nitrogens is 5. The number of anilines is 1. The molecule has 0 N–H and O–H groups in total. The molecule has 2 aliphatic rings. The molecule has 4 aromatic rings. The van der Waals surface area contributed by atoms with Gasteiger partial charge in [-0.05, 0) is 24.6 Å². The number of piperidine rings is 1. The van der Waals surface area contributed by atoms with Crippen molar-refractivity contribution < 1.29 is 18.3 Å². The summed E-state index contributed by atoms with van der Waals surface area (Å²) in [5.41, 5.74) is 2.54. The Morgan fingerprint density at radius 1 is 1.09 bits per heavy atom. The molecule has 6 rings (SSSR count). The van der Waals surface area contributed by atoms with Crippen LogP contribution in [0.15, 0.2) is 42.9 Å². The number of hydrogen-bond acceptors (Lipinski definition) is 6. The Morgan fingerprint density at radius 2 is 1.94 bits per heavy atom. The molecule has 0 aromatic carbocycles. The third-order valence-electron chi connectivity index (χ3n) is 6.34. The highest BCUT2D eigenvalue weighted by molar-refractivity contribution is 5.97. The summed E-state index contributed by atoms with van der Waals surface area (Å²) in [7, 11) is 0. The molecule has 4 aromatic heterocycles. The summed E-state index contributed by atoms with van der Waals surface area (Å²) in [6, 6.07) is 7.41. The first-order valence-electron chi connectivity index (χ1n) is 11.3. The molecule has 11 heteroatoms. The van der Waals surface area contributed by atoms with Crippen molar-refractivity contribution in [1.29, 1.82) is 0 Å². The SMILES string of the molecule is O=C(c1cnc2c(ccn2-c2ccn3nc(N4CCOCC4)nc3c2)c1)N1CCCC(F)(F)C1. The second-order valence-electron chi connectivity index (χ2n) is 8.71. The highest BCUT2D eigenvalue weighted by atomic mass is 19.3. The van der Waals surface area contributed by atoms with E-state index in [-0.39, 0.29) is 6.42 Å². The highest BCUT2D eigenvalue weighted by Crippen LogP contribution is 2.28. The fourth-order valence-corrected chi connectivity index (χ4v) is 4.58. The van der Waals surface area contributed by atoms with Crippen LogP contribution in [0.2, 0.25) is 0 Å². The summed E-state index contributed by atoms with van der Waals surface area (Å²) in [5, 5.41) is 5.32. The number of morpholine rings is 1. The second-order valence-corrected chi connectivity index (χ2v) is 8.71. The lowest BCUT2D eigenvalue weighted by molar-refractivity contribution is -0.0560. The van der Waals surface area contributed by atoms with E-state index in [0.717, 1.165) is 24.2 Å². The van der Waals surface area contributed by atoms with Crippen LogP contribution in [0.5, 0.6) is 0 Å². The summed E-state index contributed by atoms with van der Waals surface area (Å²) in [4.78, 5) is 25.3. The summed E-state index contributed by atoms with van der Waals surface area (Å²) < 4.78 is 36.6. The number of rotatable bonds is 3. The van der Waals surface area contributed by atoms with E-state index in [1.807, 2.05) is 35.2 Å². The van der Waals surface area contributed by atoms with E-state index >= 15 is 0 Å². The van der Waals surface area contributed by atoms with Crippen LogP contribution in [0, 0.1) is 0 Å². The lowest BCUT2D eigenvalue weighted by Gasteiger charge is -2.32. The Bertz CT molecular complexity index is 1380. The molecule has 2 fully saturated rings. The Kier molecular flexibility index (Phi) is 4.94. The number of ether oxygens (including phenoxy) is 1. The van der Waals surface area contributed by atoms with E-state index in [1.165, 1.54) is 11.1 Å². The Morgan fingerprint density at radius 3 is 2.76 bits per heavy atom. The molecule has 2 saturated heterocycles. The van der Waals surface area contributed by atoms with Crippen molar-refractivity contribution in [2.75, 3.05) is 44.3 Å². The molecule has 1 amide bonds. The molecular formula is C23H23F2N7O2. The van der Waals surface area contributed by atoms with E-state index < -0.39 is 18.4 Å². The number of fused-ring (bicyclic) bond motifs is 2. The molecular weight excluding hydrogens is 444 g/mol. The minimum Gasteiger partial charge on any atom is -0.378 e. The molecule has 0 spiro atoms. The van der Waals surface area contributed by atoms with Crippen LogP contribution in [0.1, 0.15) is 23.2 Å². The summed E-state index contributed by atoms with van der Waals surface area (Å²) in [6.07, 6.45) is 5.29. The van der Waals surface area contributed by atoms with Crippen LogP contribution in [-0.2, 0) is 4.74 Å². The predicted octanol–water partition coefficient (Wildman–Crippen LogP) is 2.78. The van der Waals surface area contributed by atoms with Gasteiger partial charge in [-0.25, -0.2) is 18.3 Å². The Balaban J connectivity index is 1.29. The minimum absolute atomic E-state index is 0.179. The number of amides is 1. The smallest absolute Gasteiger partial charge is 0.265 e. The summed E-state index contributed by atoms with van der Waals surface area (Å²) >= 11 is 0. The molecule has 0 aliphatic carbocycles. The molecule has 0 unspecified atom stereocenters. The van der Waals surface area contributed by atoms with Gasteiger partial charge in [0.1, 0.15) is 5.65 Å². The zero-order valence-corrected chi connectivity index (χ0v) is 18.4. The lowest BCUT2D eigenvalue weighted by Crippen LogP contribution is -2.45. The molecule has 6 heterocycles. The number of alkyl halides is 2. The van der Waals surface area contributed by atoms with Gasteiger partial charge in [0, 0.05) is 56.1 Å². The molecule has 2 aliphatic heterocycles.